The lowest BCUT2D eigenvalue weighted by Gasteiger charge is -2.26. The van der Waals surface area contributed by atoms with Gasteiger partial charge >= 0.3 is 5.97 Å². The van der Waals surface area contributed by atoms with Gasteiger partial charge in [-0.1, -0.05) is 0 Å². The van der Waals surface area contributed by atoms with Gasteiger partial charge in [0.2, 0.25) is 5.91 Å². The molecule has 0 aliphatic carbocycles. The van der Waals surface area contributed by atoms with Gasteiger partial charge in [0.1, 0.15) is 0 Å². The van der Waals surface area contributed by atoms with Gasteiger partial charge in [0.25, 0.3) is 0 Å². The van der Waals surface area contributed by atoms with Crippen LogP contribution in [0.1, 0.15) is 30.1 Å². The molecule has 0 bridgehead atoms. The summed E-state index contributed by atoms with van der Waals surface area (Å²) >= 11 is 0. The lowest BCUT2D eigenvalue weighted by Crippen LogP contribution is -2.39. The Morgan fingerprint density at radius 1 is 1.33 bits per heavy atom. The summed E-state index contributed by atoms with van der Waals surface area (Å²) in [5.74, 6) is -0.916. The van der Waals surface area contributed by atoms with Crippen LogP contribution in [0.15, 0.2) is 18.2 Å². The fourth-order valence-electron chi connectivity index (χ4n) is 2.57. The molecule has 3 N–H and O–H groups in total. The Bertz CT molecular complexity index is 539. The molecule has 1 saturated heterocycles. The van der Waals surface area contributed by atoms with Crippen LogP contribution in [0.2, 0.25) is 0 Å². The molecule has 2 rings (SSSR count). The van der Waals surface area contributed by atoms with Crippen molar-refractivity contribution in [3.8, 4) is 0 Å². The first kappa shape index (κ1) is 15.2. The van der Waals surface area contributed by atoms with Crippen molar-refractivity contribution in [1.82, 2.24) is 4.90 Å². The molecule has 1 fully saturated rings. The second-order valence-corrected chi connectivity index (χ2v) is 5.18. The predicted molar refractivity (Wildman–Crippen MR) is 81.5 cm³/mol. The SMILES string of the molecule is CCN(CC(=O)N1CCCC1)c1ccc(C(=O)O)cc1N. The summed E-state index contributed by atoms with van der Waals surface area (Å²) in [5.41, 5.74) is 7.17. The highest BCUT2D eigenvalue weighted by Gasteiger charge is 2.21. The number of likely N-dealkylation sites (N-methyl/N-ethyl adjacent to an activating group) is 1. The standard InChI is InChI=1S/C15H21N3O3/c1-2-17(10-14(19)18-7-3-4-8-18)13-6-5-11(15(20)21)9-12(13)16/h5-6,9H,2-4,7-8,10,16H2,1H3,(H,20,21). The van der Waals surface area contributed by atoms with Gasteiger partial charge < -0.3 is 20.6 Å². The smallest absolute Gasteiger partial charge is 0.335 e. The summed E-state index contributed by atoms with van der Waals surface area (Å²) in [6, 6.07) is 4.61. The summed E-state index contributed by atoms with van der Waals surface area (Å²) in [6.07, 6.45) is 2.13. The molecule has 6 heteroatoms. The van der Waals surface area contributed by atoms with Crippen molar-refractivity contribution >= 4 is 23.3 Å². The summed E-state index contributed by atoms with van der Waals surface area (Å²) in [7, 11) is 0. The van der Waals surface area contributed by atoms with Gasteiger partial charge in [-0.15, -0.1) is 0 Å². The van der Waals surface area contributed by atoms with Gasteiger partial charge in [-0.25, -0.2) is 4.79 Å². The van der Waals surface area contributed by atoms with Gasteiger partial charge in [0.05, 0.1) is 23.5 Å². The number of amides is 1. The Kier molecular flexibility index (Phi) is 4.67. The van der Waals surface area contributed by atoms with Gasteiger partial charge in [-0.05, 0) is 38.0 Å². The van der Waals surface area contributed by atoms with E-state index in [0.717, 1.165) is 25.9 Å². The Morgan fingerprint density at radius 2 is 2.00 bits per heavy atom. The Morgan fingerprint density at radius 3 is 2.52 bits per heavy atom. The summed E-state index contributed by atoms with van der Waals surface area (Å²) in [5, 5.41) is 8.95. The van der Waals surface area contributed by atoms with E-state index in [1.807, 2.05) is 16.7 Å². The number of hydrogen-bond acceptors (Lipinski definition) is 4. The molecular weight excluding hydrogens is 270 g/mol. The highest BCUT2D eigenvalue weighted by Crippen LogP contribution is 2.24. The van der Waals surface area contributed by atoms with Crippen molar-refractivity contribution in [2.75, 3.05) is 36.8 Å². The number of anilines is 2. The van der Waals surface area contributed by atoms with Crippen molar-refractivity contribution in [3.05, 3.63) is 23.8 Å². The van der Waals surface area contributed by atoms with E-state index in [1.54, 1.807) is 6.07 Å². The second-order valence-electron chi connectivity index (χ2n) is 5.18. The molecule has 114 valence electrons. The molecule has 0 radical (unpaired) electrons. The van der Waals surface area contributed by atoms with Crippen molar-refractivity contribution in [1.29, 1.82) is 0 Å². The molecule has 21 heavy (non-hydrogen) atoms. The Balaban J connectivity index is 2.13. The van der Waals surface area contributed by atoms with E-state index in [2.05, 4.69) is 0 Å². The number of carbonyl (C=O) groups excluding carboxylic acids is 1. The van der Waals surface area contributed by atoms with Crippen LogP contribution in [-0.2, 0) is 4.79 Å². The van der Waals surface area contributed by atoms with Gasteiger partial charge in [-0.2, -0.15) is 0 Å². The summed E-state index contributed by atoms with van der Waals surface area (Å²) < 4.78 is 0. The molecule has 1 heterocycles. The summed E-state index contributed by atoms with van der Waals surface area (Å²) in [6.45, 7) is 4.50. The van der Waals surface area contributed by atoms with Crippen LogP contribution in [0.4, 0.5) is 11.4 Å². The third-order valence-corrected chi connectivity index (χ3v) is 3.78. The number of rotatable bonds is 5. The number of hydrogen-bond donors (Lipinski definition) is 2. The van der Waals surface area contributed by atoms with Crippen molar-refractivity contribution in [2.45, 2.75) is 19.8 Å². The number of benzene rings is 1. The normalized spacial score (nSPS) is 14.2. The van der Waals surface area contributed by atoms with Crippen molar-refractivity contribution < 1.29 is 14.7 Å². The van der Waals surface area contributed by atoms with Gasteiger partial charge in [0, 0.05) is 19.6 Å². The first-order valence-electron chi connectivity index (χ1n) is 7.18. The van der Waals surface area contributed by atoms with E-state index in [1.165, 1.54) is 12.1 Å². The van der Waals surface area contributed by atoms with Crippen LogP contribution >= 0.6 is 0 Å². The van der Waals surface area contributed by atoms with E-state index in [9.17, 15) is 9.59 Å². The topological polar surface area (TPSA) is 86.9 Å². The number of carboxylic acids is 1. The molecule has 1 amide bonds. The average molecular weight is 291 g/mol. The quantitative estimate of drug-likeness (QED) is 0.801. The number of carbonyl (C=O) groups is 2. The fourth-order valence-corrected chi connectivity index (χ4v) is 2.57. The van der Waals surface area contributed by atoms with Gasteiger partial charge in [0.15, 0.2) is 0 Å². The minimum atomic E-state index is -1.01. The highest BCUT2D eigenvalue weighted by atomic mass is 16.4. The molecule has 0 unspecified atom stereocenters. The maximum Gasteiger partial charge on any atom is 0.335 e. The zero-order valence-electron chi connectivity index (χ0n) is 12.2. The molecule has 1 aromatic rings. The van der Waals surface area contributed by atoms with E-state index in [-0.39, 0.29) is 18.0 Å². The highest BCUT2D eigenvalue weighted by molar-refractivity contribution is 5.91. The number of nitrogens with two attached hydrogens (primary N) is 1. The fraction of sp³-hybridized carbons (Fsp3) is 0.467. The molecule has 0 saturated carbocycles. The Labute approximate surface area is 124 Å². The van der Waals surface area contributed by atoms with Crippen molar-refractivity contribution in [2.24, 2.45) is 0 Å². The van der Waals surface area contributed by atoms with E-state index < -0.39 is 5.97 Å². The maximum absolute atomic E-state index is 12.2. The average Bonchev–Trinajstić information content (AvgIpc) is 2.99. The lowest BCUT2D eigenvalue weighted by atomic mass is 10.1. The molecular formula is C15H21N3O3. The molecule has 0 aromatic heterocycles. The monoisotopic (exact) mass is 291 g/mol. The number of aromatic carboxylic acids is 1. The third kappa shape index (κ3) is 3.45. The number of nitrogen functional groups attached to an aromatic ring is 1. The van der Waals surface area contributed by atoms with Crippen LogP contribution < -0.4 is 10.6 Å². The first-order valence-corrected chi connectivity index (χ1v) is 7.18. The van der Waals surface area contributed by atoms with Crippen LogP contribution in [0.3, 0.4) is 0 Å². The zero-order valence-corrected chi connectivity index (χ0v) is 12.2. The molecule has 1 aromatic carbocycles. The first-order chi connectivity index (χ1) is 10.0. The minimum Gasteiger partial charge on any atom is -0.478 e. The van der Waals surface area contributed by atoms with E-state index in [0.29, 0.717) is 17.9 Å². The largest absolute Gasteiger partial charge is 0.478 e. The number of carboxylic acid groups (broad SMARTS) is 1. The predicted octanol–water partition coefficient (Wildman–Crippen LogP) is 1.42. The maximum atomic E-state index is 12.2. The second kappa shape index (κ2) is 6.47. The molecule has 6 nitrogen and oxygen atoms in total. The van der Waals surface area contributed by atoms with Crippen LogP contribution in [-0.4, -0.2) is 48.1 Å². The lowest BCUT2D eigenvalue weighted by molar-refractivity contribution is -0.128. The molecule has 0 spiro atoms. The zero-order chi connectivity index (χ0) is 15.4. The van der Waals surface area contributed by atoms with Crippen LogP contribution in [0.5, 0.6) is 0 Å². The molecule has 1 aliphatic rings. The molecule has 1 aliphatic heterocycles. The minimum absolute atomic E-state index is 0.0936. The number of likely N-dealkylation sites (tertiary alicyclic amines) is 1. The molecule has 0 atom stereocenters. The third-order valence-electron chi connectivity index (χ3n) is 3.78. The summed E-state index contributed by atoms with van der Waals surface area (Å²) in [4.78, 5) is 26.9. The van der Waals surface area contributed by atoms with Crippen LogP contribution in [0, 0.1) is 0 Å². The van der Waals surface area contributed by atoms with Crippen molar-refractivity contribution in [3.63, 3.8) is 0 Å². The van der Waals surface area contributed by atoms with Gasteiger partial charge in [-0.3, -0.25) is 4.79 Å². The van der Waals surface area contributed by atoms with E-state index in [4.69, 9.17) is 10.8 Å². The Hall–Kier alpha value is -2.24. The van der Waals surface area contributed by atoms with E-state index >= 15 is 0 Å². The van der Waals surface area contributed by atoms with Crippen LogP contribution in [0.25, 0.3) is 0 Å². The number of nitrogens with zero attached hydrogens (tertiary/aromatic N) is 2.